The van der Waals surface area contributed by atoms with Crippen LogP contribution in [0.5, 0.6) is 11.5 Å². The number of benzene rings is 1. The number of carbonyl (C=O) groups excluding carboxylic acids is 2. The molecule has 0 fully saturated rings. The van der Waals surface area contributed by atoms with Crippen molar-refractivity contribution >= 4 is 28.3 Å². The van der Waals surface area contributed by atoms with Crippen LogP contribution in [0.4, 0.5) is 5.13 Å². The van der Waals surface area contributed by atoms with Crippen LogP contribution in [0, 0.1) is 0 Å². The van der Waals surface area contributed by atoms with Gasteiger partial charge in [-0.15, -0.1) is 0 Å². The molecule has 0 spiro atoms. The minimum Gasteiger partial charge on any atom is -0.490 e. The summed E-state index contributed by atoms with van der Waals surface area (Å²) in [7, 11) is 0. The Morgan fingerprint density at radius 1 is 1.19 bits per heavy atom. The molecule has 0 saturated heterocycles. The number of nitrogens with one attached hydrogen (secondary N) is 1. The summed E-state index contributed by atoms with van der Waals surface area (Å²) in [5.41, 5.74) is 1.46. The van der Waals surface area contributed by atoms with Crippen molar-refractivity contribution < 1.29 is 23.5 Å². The molecule has 1 aliphatic heterocycles. The number of thiazole rings is 1. The van der Waals surface area contributed by atoms with Crippen molar-refractivity contribution in [3.05, 3.63) is 58.5 Å². The smallest absolute Gasteiger partial charge is 0.293 e. The van der Waals surface area contributed by atoms with Crippen LogP contribution in [0.1, 0.15) is 45.3 Å². The maximum Gasteiger partial charge on any atom is 0.293 e. The van der Waals surface area contributed by atoms with Crippen molar-refractivity contribution in [3.8, 4) is 11.5 Å². The topological polar surface area (TPSA) is 93.9 Å². The van der Waals surface area contributed by atoms with E-state index in [4.69, 9.17) is 13.9 Å². The van der Waals surface area contributed by atoms with Gasteiger partial charge in [0.15, 0.2) is 22.4 Å². The lowest BCUT2D eigenvalue weighted by Crippen LogP contribution is -2.35. The van der Waals surface area contributed by atoms with Crippen LogP contribution in [0.15, 0.2) is 41.0 Å². The maximum absolute atomic E-state index is 13.1. The lowest BCUT2D eigenvalue weighted by atomic mass is 10.1. The minimum absolute atomic E-state index is 0.0794. The Morgan fingerprint density at radius 2 is 2.00 bits per heavy atom. The first-order chi connectivity index (χ1) is 15.1. The molecule has 0 unspecified atom stereocenters. The Labute approximate surface area is 183 Å². The highest BCUT2D eigenvalue weighted by atomic mass is 32.1. The van der Waals surface area contributed by atoms with E-state index in [2.05, 4.69) is 10.3 Å². The molecule has 3 heterocycles. The first-order valence-electron chi connectivity index (χ1n) is 10.1. The van der Waals surface area contributed by atoms with Gasteiger partial charge in [-0.3, -0.25) is 14.9 Å². The van der Waals surface area contributed by atoms with Gasteiger partial charge in [0.1, 0.15) is 0 Å². The summed E-state index contributed by atoms with van der Waals surface area (Å²) in [6.07, 6.45) is 2.08. The molecular weight excluding hydrogens is 418 g/mol. The number of anilines is 1. The van der Waals surface area contributed by atoms with Crippen LogP contribution in [0.3, 0.4) is 0 Å². The van der Waals surface area contributed by atoms with Crippen LogP contribution < -0.4 is 14.8 Å². The number of hydrogen-bond acceptors (Lipinski definition) is 7. The molecule has 8 nitrogen and oxygen atoms in total. The van der Waals surface area contributed by atoms with Crippen molar-refractivity contribution in [2.24, 2.45) is 0 Å². The third-order valence-corrected chi connectivity index (χ3v) is 5.77. The lowest BCUT2D eigenvalue weighted by Gasteiger charge is -2.26. The van der Waals surface area contributed by atoms with Crippen LogP contribution in [-0.4, -0.2) is 41.5 Å². The summed E-state index contributed by atoms with van der Waals surface area (Å²) < 4.78 is 16.3. The third-order valence-electron chi connectivity index (χ3n) is 4.77. The highest BCUT2D eigenvalue weighted by molar-refractivity contribution is 7.15. The molecule has 1 aromatic carbocycles. The largest absolute Gasteiger partial charge is 0.490 e. The zero-order valence-electron chi connectivity index (χ0n) is 17.3. The summed E-state index contributed by atoms with van der Waals surface area (Å²) in [6, 6.07) is 8.51. The fraction of sp³-hybridized carbons (Fsp3) is 0.318. The van der Waals surface area contributed by atoms with Gasteiger partial charge in [-0.1, -0.05) is 11.3 Å². The number of amides is 2. The van der Waals surface area contributed by atoms with Crippen LogP contribution >= 0.6 is 11.3 Å². The summed E-state index contributed by atoms with van der Waals surface area (Å²) in [4.78, 5) is 32.5. The highest BCUT2D eigenvalue weighted by Crippen LogP contribution is 2.32. The normalized spacial score (nSPS) is 12.9. The Kier molecular flexibility index (Phi) is 6.22. The first-order valence-corrected chi connectivity index (χ1v) is 10.9. The molecule has 31 heavy (non-hydrogen) atoms. The molecular formula is C22H23N3O5S. The molecule has 1 aliphatic rings. The Bertz CT molecular complexity index is 1080. The fourth-order valence-electron chi connectivity index (χ4n) is 3.36. The van der Waals surface area contributed by atoms with Crippen LogP contribution in [-0.2, 0) is 13.0 Å². The van der Waals surface area contributed by atoms with Gasteiger partial charge >= 0.3 is 0 Å². The quantitative estimate of drug-likeness (QED) is 0.596. The van der Waals surface area contributed by atoms with E-state index in [1.165, 1.54) is 17.6 Å². The predicted molar refractivity (Wildman–Crippen MR) is 116 cm³/mol. The highest BCUT2D eigenvalue weighted by Gasteiger charge is 2.26. The average molecular weight is 442 g/mol. The van der Waals surface area contributed by atoms with E-state index in [1.54, 1.807) is 35.2 Å². The average Bonchev–Trinajstić information content (AvgIpc) is 3.44. The molecule has 3 aromatic rings. The second kappa shape index (κ2) is 9.22. The van der Waals surface area contributed by atoms with Gasteiger partial charge in [-0.05, 0) is 44.2 Å². The maximum atomic E-state index is 13.1. The molecule has 2 aromatic heterocycles. The van der Waals surface area contributed by atoms with Gasteiger partial charge in [0.05, 0.1) is 31.7 Å². The molecule has 0 radical (unpaired) electrons. The number of carbonyl (C=O) groups is 2. The minimum atomic E-state index is -0.345. The Balaban J connectivity index is 1.47. The first kappa shape index (κ1) is 20.9. The van der Waals surface area contributed by atoms with E-state index in [9.17, 15) is 9.59 Å². The monoisotopic (exact) mass is 441 g/mol. The standard InChI is InChI=1S/C22H23N3O5S/c1-3-28-16-8-7-14(12-18(16)29-4-2)21(27)25-10-9-15-19(13-25)31-22(23-15)24-20(26)17-6-5-11-30-17/h5-8,11-12H,3-4,9-10,13H2,1-2H3,(H,23,24,26). The summed E-state index contributed by atoms with van der Waals surface area (Å²) in [5, 5.41) is 3.26. The van der Waals surface area contributed by atoms with Gasteiger partial charge in [0, 0.05) is 23.4 Å². The summed E-state index contributed by atoms with van der Waals surface area (Å²) in [5.74, 6) is 0.992. The van der Waals surface area contributed by atoms with Gasteiger partial charge in [-0.25, -0.2) is 4.98 Å². The summed E-state index contributed by atoms with van der Waals surface area (Å²) >= 11 is 1.37. The van der Waals surface area contributed by atoms with E-state index in [0.717, 1.165) is 10.6 Å². The Morgan fingerprint density at radius 3 is 2.74 bits per heavy atom. The van der Waals surface area contributed by atoms with E-state index in [0.29, 0.717) is 54.9 Å². The van der Waals surface area contributed by atoms with Gasteiger partial charge in [0.2, 0.25) is 0 Å². The molecule has 0 atom stereocenters. The number of hydrogen-bond donors (Lipinski definition) is 1. The second-order valence-electron chi connectivity index (χ2n) is 6.82. The molecule has 4 rings (SSSR count). The molecule has 1 N–H and O–H groups in total. The van der Waals surface area contributed by atoms with Crippen molar-refractivity contribution in [3.63, 3.8) is 0 Å². The van der Waals surface area contributed by atoms with E-state index >= 15 is 0 Å². The van der Waals surface area contributed by atoms with Crippen LogP contribution in [0.2, 0.25) is 0 Å². The fourth-order valence-corrected chi connectivity index (χ4v) is 4.37. The van der Waals surface area contributed by atoms with Crippen molar-refractivity contribution in [1.29, 1.82) is 0 Å². The number of ether oxygens (including phenoxy) is 2. The van der Waals surface area contributed by atoms with Gasteiger partial charge in [-0.2, -0.15) is 0 Å². The van der Waals surface area contributed by atoms with E-state index in [1.807, 2.05) is 13.8 Å². The molecule has 9 heteroatoms. The lowest BCUT2D eigenvalue weighted by molar-refractivity contribution is 0.0735. The number of nitrogens with zero attached hydrogens (tertiary/aromatic N) is 2. The summed E-state index contributed by atoms with van der Waals surface area (Å²) in [6.45, 7) is 5.80. The van der Waals surface area contributed by atoms with Crippen LogP contribution in [0.25, 0.3) is 0 Å². The number of rotatable bonds is 7. The van der Waals surface area contributed by atoms with E-state index < -0.39 is 0 Å². The van der Waals surface area contributed by atoms with Crippen molar-refractivity contribution in [2.45, 2.75) is 26.8 Å². The van der Waals surface area contributed by atoms with Crippen molar-refractivity contribution in [2.75, 3.05) is 25.1 Å². The molecule has 0 aliphatic carbocycles. The zero-order chi connectivity index (χ0) is 21.8. The zero-order valence-corrected chi connectivity index (χ0v) is 18.2. The van der Waals surface area contributed by atoms with Crippen molar-refractivity contribution in [1.82, 2.24) is 9.88 Å². The number of furan rings is 1. The SMILES string of the molecule is CCOc1ccc(C(=O)N2CCc3nc(NC(=O)c4ccco4)sc3C2)cc1OCC. The van der Waals surface area contributed by atoms with Gasteiger partial charge < -0.3 is 18.8 Å². The Hall–Kier alpha value is -3.33. The number of aromatic nitrogens is 1. The second-order valence-corrected chi connectivity index (χ2v) is 7.91. The predicted octanol–water partition coefficient (Wildman–Crippen LogP) is 3.98. The molecule has 0 bridgehead atoms. The van der Waals surface area contributed by atoms with Gasteiger partial charge in [0.25, 0.3) is 11.8 Å². The molecule has 2 amide bonds. The molecule has 162 valence electrons. The molecule has 0 saturated carbocycles. The number of fused-ring (bicyclic) bond motifs is 1. The third kappa shape index (κ3) is 4.56. The van der Waals surface area contributed by atoms with E-state index in [-0.39, 0.29) is 17.6 Å².